The van der Waals surface area contributed by atoms with Gasteiger partial charge in [0.1, 0.15) is 0 Å². The third kappa shape index (κ3) is 2.68. The Balaban J connectivity index is 1.97. The molecule has 0 bridgehead atoms. The van der Waals surface area contributed by atoms with Crippen LogP contribution in [0.5, 0.6) is 0 Å². The Morgan fingerprint density at radius 2 is 2.24 bits per heavy atom. The molecular weight excluding hydrogens is 214 g/mol. The van der Waals surface area contributed by atoms with E-state index >= 15 is 0 Å². The van der Waals surface area contributed by atoms with Gasteiger partial charge in [-0.1, -0.05) is 13.8 Å². The smallest absolute Gasteiger partial charge is 0.254 e. The molecule has 1 fully saturated rings. The van der Waals surface area contributed by atoms with Crippen LogP contribution in [0.25, 0.3) is 0 Å². The quantitative estimate of drug-likeness (QED) is 0.826. The lowest BCUT2D eigenvalue weighted by Crippen LogP contribution is -2.42. The molecule has 1 aliphatic carbocycles. The molecule has 1 aromatic heterocycles. The molecule has 0 spiro atoms. The third-order valence-electron chi connectivity index (χ3n) is 3.82. The molecule has 1 amide bonds. The zero-order valence-electron chi connectivity index (χ0n) is 10.8. The van der Waals surface area contributed by atoms with Gasteiger partial charge in [0.2, 0.25) is 0 Å². The molecule has 4 nitrogen and oxygen atoms in total. The van der Waals surface area contributed by atoms with Gasteiger partial charge in [0.15, 0.2) is 0 Å². The Kier molecular flexibility index (Phi) is 3.50. The normalized spacial score (nSPS) is 29.0. The summed E-state index contributed by atoms with van der Waals surface area (Å²) < 4.78 is 0. The fraction of sp³-hybridized carbons (Fsp3) is 0.692. The second-order valence-corrected chi connectivity index (χ2v) is 5.38. The summed E-state index contributed by atoms with van der Waals surface area (Å²) in [6, 6.07) is 0.313. The van der Waals surface area contributed by atoms with Crippen molar-refractivity contribution in [3.63, 3.8) is 0 Å². The summed E-state index contributed by atoms with van der Waals surface area (Å²) in [5.41, 5.74) is 1.50. The number of hydrogen-bond acceptors (Lipinski definition) is 2. The summed E-state index contributed by atoms with van der Waals surface area (Å²) in [6.45, 7) is 6.38. The van der Waals surface area contributed by atoms with Gasteiger partial charge in [-0.2, -0.15) is 5.10 Å². The van der Waals surface area contributed by atoms with Crippen LogP contribution in [0, 0.1) is 18.8 Å². The van der Waals surface area contributed by atoms with E-state index in [9.17, 15) is 4.79 Å². The predicted octanol–water partition coefficient (Wildman–Crippen LogP) is 2.27. The van der Waals surface area contributed by atoms with Crippen molar-refractivity contribution < 1.29 is 4.79 Å². The maximum absolute atomic E-state index is 12.1. The van der Waals surface area contributed by atoms with Gasteiger partial charge in [-0.05, 0) is 38.0 Å². The van der Waals surface area contributed by atoms with Gasteiger partial charge in [0.05, 0.1) is 11.8 Å². The minimum Gasteiger partial charge on any atom is -0.349 e. The van der Waals surface area contributed by atoms with E-state index in [0.29, 0.717) is 17.5 Å². The first-order valence-electron chi connectivity index (χ1n) is 6.38. The fourth-order valence-corrected chi connectivity index (χ4v) is 2.71. The lowest BCUT2D eigenvalue weighted by atomic mass is 9.80. The molecule has 2 rings (SSSR count). The summed E-state index contributed by atoms with van der Waals surface area (Å²) >= 11 is 0. The molecule has 0 aliphatic heterocycles. The number of hydrogen-bond donors (Lipinski definition) is 2. The Hall–Kier alpha value is -1.32. The average molecular weight is 235 g/mol. The number of nitrogens with zero attached hydrogens (tertiary/aromatic N) is 1. The summed E-state index contributed by atoms with van der Waals surface area (Å²) in [5.74, 6) is 1.35. The molecule has 3 unspecified atom stereocenters. The van der Waals surface area contributed by atoms with E-state index < -0.39 is 0 Å². The lowest BCUT2D eigenvalue weighted by molar-refractivity contribution is 0.0899. The second kappa shape index (κ2) is 4.90. The number of aromatic nitrogens is 2. The zero-order valence-corrected chi connectivity index (χ0v) is 10.8. The summed E-state index contributed by atoms with van der Waals surface area (Å²) in [7, 11) is 0. The molecule has 3 atom stereocenters. The standard InChI is InChI=1S/C13H21N3O/c1-8-4-5-12(9(2)6-8)15-13(17)11-7-14-16-10(11)3/h7-9,12H,4-6H2,1-3H3,(H,14,16)(H,15,17). The van der Waals surface area contributed by atoms with Crippen molar-refractivity contribution in [1.82, 2.24) is 15.5 Å². The van der Waals surface area contributed by atoms with Crippen LogP contribution in [0.1, 0.15) is 49.2 Å². The number of H-pyrrole nitrogens is 1. The van der Waals surface area contributed by atoms with Crippen LogP contribution < -0.4 is 5.32 Å². The SMILES string of the molecule is Cc1[nH]ncc1C(=O)NC1CCC(C)CC1C. The van der Waals surface area contributed by atoms with Crippen LogP contribution in [0.2, 0.25) is 0 Å². The largest absolute Gasteiger partial charge is 0.349 e. The zero-order chi connectivity index (χ0) is 12.4. The highest BCUT2D eigenvalue weighted by Gasteiger charge is 2.27. The molecule has 0 radical (unpaired) electrons. The van der Waals surface area contributed by atoms with E-state index in [4.69, 9.17) is 0 Å². The first kappa shape index (κ1) is 12.1. The Labute approximate surface area is 102 Å². The maximum atomic E-state index is 12.1. The molecule has 0 aromatic carbocycles. The van der Waals surface area contributed by atoms with Crippen molar-refractivity contribution in [2.45, 2.75) is 46.1 Å². The number of aromatic amines is 1. The van der Waals surface area contributed by atoms with Crippen molar-refractivity contribution in [3.8, 4) is 0 Å². The average Bonchev–Trinajstić information content (AvgIpc) is 2.68. The highest BCUT2D eigenvalue weighted by Crippen LogP contribution is 2.28. The molecule has 1 saturated carbocycles. The maximum Gasteiger partial charge on any atom is 0.254 e. The van der Waals surface area contributed by atoms with Gasteiger partial charge in [-0.15, -0.1) is 0 Å². The van der Waals surface area contributed by atoms with Crippen LogP contribution in [0.4, 0.5) is 0 Å². The van der Waals surface area contributed by atoms with E-state index in [1.807, 2.05) is 6.92 Å². The number of nitrogens with one attached hydrogen (secondary N) is 2. The van der Waals surface area contributed by atoms with Crippen LogP contribution in [0.15, 0.2) is 6.20 Å². The number of rotatable bonds is 2. The number of carbonyl (C=O) groups is 1. The number of aryl methyl sites for hydroxylation is 1. The van der Waals surface area contributed by atoms with Crippen molar-refractivity contribution in [3.05, 3.63) is 17.5 Å². The Morgan fingerprint density at radius 3 is 2.82 bits per heavy atom. The molecule has 94 valence electrons. The van der Waals surface area contributed by atoms with Gasteiger partial charge in [-0.25, -0.2) is 0 Å². The lowest BCUT2D eigenvalue weighted by Gasteiger charge is -2.33. The first-order chi connectivity index (χ1) is 8.08. The van der Waals surface area contributed by atoms with Crippen LogP contribution in [-0.2, 0) is 0 Å². The summed E-state index contributed by atoms with van der Waals surface area (Å²) in [6.07, 6.45) is 5.10. The molecule has 1 aromatic rings. The molecule has 1 heterocycles. The Morgan fingerprint density at radius 1 is 1.47 bits per heavy atom. The molecule has 1 aliphatic rings. The van der Waals surface area contributed by atoms with Crippen molar-refractivity contribution in [1.29, 1.82) is 0 Å². The predicted molar refractivity (Wildman–Crippen MR) is 66.8 cm³/mol. The van der Waals surface area contributed by atoms with E-state index in [1.165, 1.54) is 12.8 Å². The summed E-state index contributed by atoms with van der Waals surface area (Å²) in [4.78, 5) is 12.1. The van der Waals surface area contributed by atoms with Gasteiger partial charge < -0.3 is 5.32 Å². The van der Waals surface area contributed by atoms with E-state index in [1.54, 1.807) is 6.20 Å². The number of amides is 1. The first-order valence-corrected chi connectivity index (χ1v) is 6.38. The molecule has 2 N–H and O–H groups in total. The highest BCUT2D eigenvalue weighted by molar-refractivity contribution is 5.95. The van der Waals surface area contributed by atoms with E-state index in [2.05, 4.69) is 29.4 Å². The second-order valence-electron chi connectivity index (χ2n) is 5.38. The van der Waals surface area contributed by atoms with Gasteiger partial charge in [-0.3, -0.25) is 9.89 Å². The summed E-state index contributed by atoms with van der Waals surface area (Å²) in [5, 5.41) is 9.81. The Bertz CT molecular complexity index is 399. The van der Waals surface area contributed by atoms with Crippen molar-refractivity contribution in [2.75, 3.05) is 0 Å². The molecule has 4 heteroatoms. The van der Waals surface area contributed by atoms with Gasteiger partial charge in [0, 0.05) is 11.7 Å². The fourth-order valence-electron chi connectivity index (χ4n) is 2.71. The van der Waals surface area contributed by atoms with Crippen LogP contribution in [0.3, 0.4) is 0 Å². The minimum atomic E-state index is 0.00246. The van der Waals surface area contributed by atoms with Gasteiger partial charge in [0.25, 0.3) is 5.91 Å². The minimum absolute atomic E-state index is 0.00246. The topological polar surface area (TPSA) is 57.8 Å². The van der Waals surface area contributed by atoms with Crippen LogP contribution in [-0.4, -0.2) is 22.1 Å². The van der Waals surface area contributed by atoms with E-state index in [-0.39, 0.29) is 5.91 Å². The highest BCUT2D eigenvalue weighted by atomic mass is 16.1. The molecule has 0 saturated heterocycles. The number of carbonyl (C=O) groups excluding carboxylic acids is 1. The van der Waals surface area contributed by atoms with Crippen LogP contribution >= 0.6 is 0 Å². The van der Waals surface area contributed by atoms with E-state index in [0.717, 1.165) is 18.0 Å². The molecular formula is C13H21N3O. The van der Waals surface area contributed by atoms with Gasteiger partial charge >= 0.3 is 0 Å². The monoisotopic (exact) mass is 235 g/mol. The molecule has 17 heavy (non-hydrogen) atoms. The third-order valence-corrected chi connectivity index (χ3v) is 3.82. The van der Waals surface area contributed by atoms with Crippen molar-refractivity contribution in [2.24, 2.45) is 11.8 Å². The van der Waals surface area contributed by atoms with Crippen molar-refractivity contribution >= 4 is 5.91 Å².